The van der Waals surface area contributed by atoms with E-state index in [1.807, 2.05) is 7.11 Å². The molecule has 0 aromatic rings. The summed E-state index contributed by atoms with van der Waals surface area (Å²) in [5.41, 5.74) is 0.535. The van der Waals surface area contributed by atoms with Gasteiger partial charge in [-0.2, -0.15) is 0 Å². The zero-order valence-electron chi connectivity index (χ0n) is 11.8. The fourth-order valence-corrected chi connectivity index (χ4v) is 4.02. The van der Waals surface area contributed by atoms with Gasteiger partial charge in [0.05, 0.1) is 6.61 Å². The second-order valence-electron chi connectivity index (χ2n) is 6.24. The van der Waals surface area contributed by atoms with Crippen LogP contribution in [-0.2, 0) is 4.74 Å². The van der Waals surface area contributed by atoms with Gasteiger partial charge >= 0.3 is 0 Å². The van der Waals surface area contributed by atoms with Gasteiger partial charge < -0.3 is 4.74 Å². The number of alkyl halides is 1. The van der Waals surface area contributed by atoms with Gasteiger partial charge in [0.1, 0.15) is 0 Å². The van der Waals surface area contributed by atoms with Crippen molar-refractivity contribution in [1.82, 2.24) is 4.90 Å². The third kappa shape index (κ3) is 4.21. The van der Waals surface area contributed by atoms with Gasteiger partial charge in [0.2, 0.25) is 0 Å². The van der Waals surface area contributed by atoms with Gasteiger partial charge in [0.25, 0.3) is 0 Å². The third-order valence-corrected chi connectivity index (χ3v) is 5.82. The Hall–Kier alpha value is 0.400. The molecule has 2 fully saturated rings. The van der Waals surface area contributed by atoms with Crippen molar-refractivity contribution < 1.29 is 4.74 Å². The molecule has 106 valence electrons. The van der Waals surface area contributed by atoms with Crippen molar-refractivity contribution in [1.29, 1.82) is 0 Å². The first-order valence-electron chi connectivity index (χ1n) is 7.59. The van der Waals surface area contributed by atoms with E-state index in [1.165, 1.54) is 63.2 Å². The molecule has 0 bridgehead atoms. The monoisotopic (exact) mass is 317 g/mol. The van der Waals surface area contributed by atoms with E-state index in [-0.39, 0.29) is 0 Å². The Kier molecular flexibility index (Phi) is 5.96. The smallest absolute Gasteiger partial charge is 0.0589 e. The molecular formula is C15H28BrNO. The minimum atomic E-state index is 0.535. The number of methoxy groups -OCH3 is 1. The Morgan fingerprint density at radius 2 is 1.83 bits per heavy atom. The lowest BCUT2D eigenvalue weighted by Gasteiger charge is -2.37. The maximum absolute atomic E-state index is 5.28. The van der Waals surface area contributed by atoms with Gasteiger partial charge in [-0.05, 0) is 31.1 Å². The molecule has 0 atom stereocenters. The summed E-state index contributed by atoms with van der Waals surface area (Å²) in [6.45, 7) is 3.29. The van der Waals surface area contributed by atoms with E-state index >= 15 is 0 Å². The quantitative estimate of drug-likeness (QED) is 0.522. The first-order valence-corrected chi connectivity index (χ1v) is 8.71. The van der Waals surface area contributed by atoms with Crippen molar-refractivity contribution in [3.05, 3.63) is 0 Å². The van der Waals surface area contributed by atoms with Crippen LogP contribution in [0.15, 0.2) is 0 Å². The van der Waals surface area contributed by atoms with Crippen LogP contribution in [0.2, 0.25) is 0 Å². The predicted octanol–water partition coefficient (Wildman–Crippen LogP) is 3.83. The molecule has 2 rings (SSSR count). The van der Waals surface area contributed by atoms with Crippen LogP contribution in [0.1, 0.15) is 51.4 Å². The van der Waals surface area contributed by atoms with Gasteiger partial charge in [0.15, 0.2) is 0 Å². The van der Waals surface area contributed by atoms with Crippen LogP contribution in [0.25, 0.3) is 0 Å². The summed E-state index contributed by atoms with van der Waals surface area (Å²) in [6, 6.07) is 0.860. The van der Waals surface area contributed by atoms with E-state index < -0.39 is 0 Å². The molecule has 0 N–H and O–H groups in total. The Morgan fingerprint density at radius 3 is 2.33 bits per heavy atom. The van der Waals surface area contributed by atoms with Gasteiger partial charge in [0, 0.05) is 31.6 Å². The molecule has 0 aromatic carbocycles. The second kappa shape index (κ2) is 7.25. The van der Waals surface area contributed by atoms with Crippen molar-refractivity contribution >= 4 is 15.9 Å². The highest BCUT2D eigenvalue weighted by Gasteiger charge is 2.37. The van der Waals surface area contributed by atoms with Crippen LogP contribution in [0.5, 0.6) is 0 Å². The highest BCUT2D eigenvalue weighted by molar-refractivity contribution is 9.09. The van der Waals surface area contributed by atoms with Crippen LogP contribution in [0, 0.1) is 5.41 Å². The zero-order valence-corrected chi connectivity index (χ0v) is 13.4. The van der Waals surface area contributed by atoms with Crippen molar-refractivity contribution in [2.75, 3.05) is 32.1 Å². The number of nitrogens with zero attached hydrogens (tertiary/aromatic N) is 1. The number of hydrogen-bond acceptors (Lipinski definition) is 2. The molecule has 0 spiro atoms. The molecule has 0 radical (unpaired) electrons. The first kappa shape index (κ1) is 14.8. The molecule has 2 saturated carbocycles. The fourth-order valence-electron chi connectivity index (χ4n) is 3.28. The summed E-state index contributed by atoms with van der Waals surface area (Å²) in [7, 11) is 1.82. The number of hydrogen-bond donors (Lipinski definition) is 0. The average molecular weight is 318 g/mol. The Balaban J connectivity index is 1.92. The largest absolute Gasteiger partial charge is 0.383 e. The lowest BCUT2D eigenvalue weighted by atomic mass is 9.82. The number of ether oxygens (including phenoxy) is 1. The van der Waals surface area contributed by atoms with Crippen LogP contribution in [-0.4, -0.2) is 43.1 Å². The summed E-state index contributed by atoms with van der Waals surface area (Å²) >= 11 is 3.81. The first-order chi connectivity index (χ1) is 8.79. The maximum Gasteiger partial charge on any atom is 0.0589 e. The molecule has 0 aliphatic heterocycles. The van der Waals surface area contributed by atoms with Gasteiger partial charge in [-0.15, -0.1) is 0 Å². The summed E-state index contributed by atoms with van der Waals surface area (Å²) in [4.78, 5) is 2.70. The highest BCUT2D eigenvalue weighted by Crippen LogP contribution is 2.39. The molecule has 2 aliphatic carbocycles. The van der Waals surface area contributed by atoms with Crippen molar-refractivity contribution in [2.45, 2.75) is 57.4 Å². The Bertz CT molecular complexity index is 235. The van der Waals surface area contributed by atoms with Crippen molar-refractivity contribution in [3.63, 3.8) is 0 Å². The van der Waals surface area contributed by atoms with Gasteiger partial charge in [-0.1, -0.05) is 41.6 Å². The Labute approximate surface area is 121 Å². The molecular weight excluding hydrogens is 290 g/mol. The van der Waals surface area contributed by atoms with Crippen LogP contribution in [0.3, 0.4) is 0 Å². The van der Waals surface area contributed by atoms with Crippen LogP contribution in [0.4, 0.5) is 0 Å². The van der Waals surface area contributed by atoms with Crippen molar-refractivity contribution in [3.8, 4) is 0 Å². The van der Waals surface area contributed by atoms with E-state index in [2.05, 4.69) is 20.8 Å². The molecule has 0 unspecified atom stereocenters. The maximum atomic E-state index is 5.28. The molecule has 3 heteroatoms. The van der Waals surface area contributed by atoms with E-state index in [0.717, 1.165) is 19.2 Å². The molecule has 2 aliphatic rings. The standard InChI is InChI=1S/C15H28BrNO/c1-18-11-10-17(14-6-7-14)13-15(12-16)8-4-2-3-5-9-15/h14H,2-13H2,1H3. The van der Waals surface area contributed by atoms with E-state index in [9.17, 15) is 0 Å². The van der Waals surface area contributed by atoms with Gasteiger partial charge in [-0.3, -0.25) is 4.90 Å². The molecule has 0 amide bonds. The van der Waals surface area contributed by atoms with Gasteiger partial charge in [-0.25, -0.2) is 0 Å². The molecule has 0 aromatic heterocycles. The summed E-state index contributed by atoms with van der Waals surface area (Å²) < 4.78 is 5.28. The average Bonchev–Trinajstić information content (AvgIpc) is 3.21. The molecule has 0 saturated heterocycles. The van der Waals surface area contributed by atoms with E-state index in [4.69, 9.17) is 4.74 Å². The predicted molar refractivity (Wildman–Crippen MR) is 80.4 cm³/mol. The number of rotatable bonds is 7. The fraction of sp³-hybridized carbons (Fsp3) is 1.00. The summed E-state index contributed by atoms with van der Waals surface area (Å²) in [6.07, 6.45) is 11.4. The van der Waals surface area contributed by atoms with Crippen molar-refractivity contribution in [2.24, 2.45) is 5.41 Å². The van der Waals surface area contributed by atoms with Crippen LogP contribution < -0.4 is 0 Å². The Morgan fingerprint density at radius 1 is 1.17 bits per heavy atom. The normalized spacial score (nSPS) is 24.2. The minimum absolute atomic E-state index is 0.535. The second-order valence-corrected chi connectivity index (χ2v) is 6.80. The van der Waals surface area contributed by atoms with E-state index in [1.54, 1.807) is 0 Å². The lowest BCUT2D eigenvalue weighted by molar-refractivity contribution is 0.101. The van der Waals surface area contributed by atoms with E-state index in [0.29, 0.717) is 5.41 Å². The minimum Gasteiger partial charge on any atom is -0.383 e. The summed E-state index contributed by atoms with van der Waals surface area (Å²) in [5, 5.41) is 1.18. The summed E-state index contributed by atoms with van der Waals surface area (Å²) in [5.74, 6) is 0. The molecule has 2 nitrogen and oxygen atoms in total. The molecule has 0 heterocycles. The number of halogens is 1. The zero-order chi connectivity index (χ0) is 12.8. The topological polar surface area (TPSA) is 12.5 Å². The SMILES string of the molecule is COCCN(CC1(CBr)CCCCCC1)C1CC1. The third-order valence-electron chi connectivity index (χ3n) is 4.63. The highest BCUT2D eigenvalue weighted by atomic mass is 79.9. The lowest BCUT2D eigenvalue weighted by Crippen LogP contribution is -2.41. The van der Waals surface area contributed by atoms with Crippen LogP contribution >= 0.6 is 15.9 Å². The molecule has 18 heavy (non-hydrogen) atoms.